The average molecular weight is 262 g/mol. The molecule has 0 unspecified atom stereocenters. The lowest BCUT2D eigenvalue weighted by Crippen LogP contribution is -2.38. The lowest BCUT2D eigenvalue weighted by atomic mass is 9.77. The molecule has 3 nitrogen and oxygen atoms in total. The van der Waals surface area contributed by atoms with E-state index in [1.165, 1.54) is 51.6 Å². The van der Waals surface area contributed by atoms with E-state index in [4.69, 9.17) is 10.2 Å². The number of furan rings is 1. The van der Waals surface area contributed by atoms with Gasteiger partial charge < -0.3 is 10.2 Å². The molecule has 3 rings (SSSR count). The molecule has 2 heterocycles. The Labute approximate surface area is 116 Å². The van der Waals surface area contributed by atoms with Crippen LogP contribution in [0.5, 0.6) is 0 Å². The highest BCUT2D eigenvalue weighted by Crippen LogP contribution is 2.46. The maximum atomic E-state index is 5.80. The molecule has 1 saturated heterocycles. The molecule has 1 spiro atoms. The average Bonchev–Trinajstić information content (AvgIpc) is 3.00. The molecule has 2 aliphatic rings. The molecule has 0 aromatic carbocycles. The van der Waals surface area contributed by atoms with Crippen molar-refractivity contribution < 1.29 is 4.42 Å². The molecule has 1 aromatic rings. The number of aryl methyl sites for hydroxylation is 1. The zero-order chi connectivity index (χ0) is 13.3. The monoisotopic (exact) mass is 262 g/mol. The predicted octanol–water partition coefficient (Wildman–Crippen LogP) is 3.20. The van der Waals surface area contributed by atoms with Crippen LogP contribution in [0, 0.1) is 12.3 Å². The van der Waals surface area contributed by atoms with Crippen LogP contribution in [0.2, 0.25) is 0 Å². The third-order valence-corrected chi connectivity index (χ3v) is 5.25. The Balaban J connectivity index is 1.56. The molecular formula is C16H26N2O. The van der Waals surface area contributed by atoms with Gasteiger partial charge in [-0.05, 0) is 57.2 Å². The van der Waals surface area contributed by atoms with E-state index in [0.29, 0.717) is 12.0 Å². The Kier molecular flexibility index (Phi) is 3.68. The Morgan fingerprint density at radius 3 is 2.47 bits per heavy atom. The van der Waals surface area contributed by atoms with Gasteiger partial charge in [-0.1, -0.05) is 12.8 Å². The van der Waals surface area contributed by atoms with Crippen molar-refractivity contribution in [2.24, 2.45) is 11.1 Å². The fraction of sp³-hybridized carbons (Fsp3) is 0.750. The van der Waals surface area contributed by atoms with Crippen LogP contribution in [0.3, 0.4) is 0 Å². The van der Waals surface area contributed by atoms with Crippen LogP contribution >= 0.6 is 0 Å². The third-order valence-electron chi connectivity index (χ3n) is 5.25. The van der Waals surface area contributed by atoms with Gasteiger partial charge in [0.2, 0.25) is 0 Å². The summed E-state index contributed by atoms with van der Waals surface area (Å²) in [6, 6.07) is 2.13. The van der Waals surface area contributed by atoms with Crippen LogP contribution < -0.4 is 5.73 Å². The van der Waals surface area contributed by atoms with Crippen molar-refractivity contribution >= 4 is 0 Å². The van der Waals surface area contributed by atoms with Crippen molar-refractivity contribution in [3.05, 3.63) is 23.2 Å². The molecule has 0 bridgehead atoms. The first-order chi connectivity index (χ1) is 9.21. The summed E-state index contributed by atoms with van der Waals surface area (Å²) in [6.45, 7) is 6.01. The van der Waals surface area contributed by atoms with Crippen LogP contribution in [0.25, 0.3) is 0 Å². The van der Waals surface area contributed by atoms with Crippen molar-refractivity contribution in [2.75, 3.05) is 13.1 Å². The first kappa shape index (κ1) is 13.2. The summed E-state index contributed by atoms with van der Waals surface area (Å²) >= 11 is 0. The number of rotatable bonds is 3. The summed E-state index contributed by atoms with van der Waals surface area (Å²) < 4.78 is 5.80. The summed E-state index contributed by atoms with van der Waals surface area (Å²) in [7, 11) is 0. The van der Waals surface area contributed by atoms with Gasteiger partial charge in [-0.2, -0.15) is 0 Å². The molecule has 19 heavy (non-hydrogen) atoms. The van der Waals surface area contributed by atoms with E-state index >= 15 is 0 Å². The van der Waals surface area contributed by atoms with Gasteiger partial charge in [0.05, 0.1) is 6.54 Å². The molecule has 1 aromatic heterocycles. The van der Waals surface area contributed by atoms with E-state index < -0.39 is 0 Å². The zero-order valence-corrected chi connectivity index (χ0v) is 12.1. The molecule has 106 valence electrons. The summed E-state index contributed by atoms with van der Waals surface area (Å²) in [5.41, 5.74) is 7.56. The largest absolute Gasteiger partial charge is 0.465 e. The summed E-state index contributed by atoms with van der Waals surface area (Å²) in [5.74, 6) is 2.07. The highest BCUT2D eigenvalue weighted by molar-refractivity contribution is 5.20. The lowest BCUT2D eigenvalue weighted by molar-refractivity contribution is 0.0979. The number of likely N-dealkylation sites (tertiary alicyclic amines) is 1. The topological polar surface area (TPSA) is 42.4 Å². The smallest absolute Gasteiger partial charge is 0.118 e. The molecular weight excluding hydrogens is 236 g/mol. The number of piperidine rings is 1. The first-order valence-corrected chi connectivity index (χ1v) is 7.71. The van der Waals surface area contributed by atoms with Gasteiger partial charge >= 0.3 is 0 Å². The van der Waals surface area contributed by atoms with Gasteiger partial charge in [0.15, 0.2) is 0 Å². The van der Waals surface area contributed by atoms with E-state index in [2.05, 4.69) is 11.0 Å². The Bertz CT molecular complexity index is 422. The lowest BCUT2D eigenvalue weighted by Gasteiger charge is -2.39. The molecule has 3 heteroatoms. The zero-order valence-electron chi connectivity index (χ0n) is 12.1. The fourth-order valence-electron chi connectivity index (χ4n) is 3.90. The molecule has 1 aliphatic carbocycles. The van der Waals surface area contributed by atoms with Gasteiger partial charge in [0.1, 0.15) is 11.5 Å². The van der Waals surface area contributed by atoms with Crippen molar-refractivity contribution in [1.82, 2.24) is 4.90 Å². The van der Waals surface area contributed by atoms with E-state index in [-0.39, 0.29) is 0 Å². The molecule has 2 fully saturated rings. The first-order valence-electron chi connectivity index (χ1n) is 7.71. The standard InChI is InChI=1S/C16H26N2O/c1-13-14(11-17)10-15(19-13)12-18-8-6-16(7-9-18)4-2-3-5-16/h10H,2-9,11-12,17H2,1H3. The molecule has 1 saturated carbocycles. The minimum atomic E-state index is 0.582. The Morgan fingerprint density at radius 2 is 1.89 bits per heavy atom. The number of hydrogen-bond acceptors (Lipinski definition) is 3. The van der Waals surface area contributed by atoms with E-state index in [9.17, 15) is 0 Å². The van der Waals surface area contributed by atoms with Crippen LogP contribution in [-0.4, -0.2) is 18.0 Å². The Morgan fingerprint density at radius 1 is 1.21 bits per heavy atom. The highest BCUT2D eigenvalue weighted by Gasteiger charge is 2.36. The van der Waals surface area contributed by atoms with Crippen LogP contribution in [0.15, 0.2) is 10.5 Å². The SMILES string of the molecule is Cc1oc(CN2CCC3(CCCC3)CC2)cc1CN. The van der Waals surface area contributed by atoms with Crippen molar-refractivity contribution in [1.29, 1.82) is 0 Å². The predicted molar refractivity (Wildman–Crippen MR) is 76.7 cm³/mol. The number of nitrogens with two attached hydrogens (primary N) is 1. The van der Waals surface area contributed by atoms with Gasteiger partial charge in [-0.15, -0.1) is 0 Å². The maximum absolute atomic E-state index is 5.80. The van der Waals surface area contributed by atoms with Gasteiger partial charge in [0, 0.05) is 12.1 Å². The van der Waals surface area contributed by atoms with Crippen molar-refractivity contribution in [2.45, 2.75) is 58.5 Å². The third kappa shape index (κ3) is 2.72. The van der Waals surface area contributed by atoms with Crippen LogP contribution in [0.1, 0.15) is 55.6 Å². The molecule has 2 N–H and O–H groups in total. The van der Waals surface area contributed by atoms with Crippen LogP contribution in [0.4, 0.5) is 0 Å². The van der Waals surface area contributed by atoms with Crippen molar-refractivity contribution in [3.8, 4) is 0 Å². The Hall–Kier alpha value is -0.800. The minimum absolute atomic E-state index is 0.582. The minimum Gasteiger partial charge on any atom is -0.465 e. The summed E-state index contributed by atoms with van der Waals surface area (Å²) in [6.07, 6.45) is 8.62. The molecule has 0 atom stereocenters. The molecule has 0 amide bonds. The summed E-state index contributed by atoms with van der Waals surface area (Å²) in [5, 5.41) is 0. The van der Waals surface area contributed by atoms with Gasteiger partial charge in [-0.3, -0.25) is 4.90 Å². The second-order valence-electron chi connectivity index (χ2n) is 6.48. The highest BCUT2D eigenvalue weighted by atomic mass is 16.3. The number of nitrogens with zero attached hydrogens (tertiary/aromatic N) is 1. The quantitative estimate of drug-likeness (QED) is 0.909. The normalized spacial score (nSPS) is 23.3. The maximum Gasteiger partial charge on any atom is 0.118 e. The second kappa shape index (κ2) is 5.29. The van der Waals surface area contributed by atoms with Gasteiger partial charge in [-0.25, -0.2) is 0 Å². The van der Waals surface area contributed by atoms with E-state index in [0.717, 1.165) is 23.6 Å². The van der Waals surface area contributed by atoms with E-state index in [1.807, 2.05) is 6.92 Å². The fourth-order valence-corrected chi connectivity index (χ4v) is 3.90. The summed E-state index contributed by atoms with van der Waals surface area (Å²) in [4.78, 5) is 2.54. The van der Waals surface area contributed by atoms with Crippen LogP contribution in [-0.2, 0) is 13.1 Å². The molecule has 1 aliphatic heterocycles. The second-order valence-corrected chi connectivity index (χ2v) is 6.48. The van der Waals surface area contributed by atoms with Crippen molar-refractivity contribution in [3.63, 3.8) is 0 Å². The number of hydrogen-bond donors (Lipinski definition) is 1. The van der Waals surface area contributed by atoms with E-state index in [1.54, 1.807) is 0 Å². The molecule has 0 radical (unpaired) electrons. The van der Waals surface area contributed by atoms with Gasteiger partial charge in [0.25, 0.3) is 0 Å².